The Morgan fingerprint density at radius 1 is 1.28 bits per heavy atom. The first-order chi connectivity index (χ1) is 14.0. The summed E-state index contributed by atoms with van der Waals surface area (Å²) in [5.74, 6) is 0.996. The average Bonchev–Trinajstić information content (AvgIpc) is 3.17. The molecule has 152 valence electrons. The van der Waals surface area contributed by atoms with Crippen molar-refractivity contribution < 1.29 is 19.4 Å². The summed E-state index contributed by atoms with van der Waals surface area (Å²) < 4.78 is 5.93. The topological polar surface area (TPSA) is 113 Å². The van der Waals surface area contributed by atoms with Crippen LogP contribution in [0.15, 0.2) is 40.7 Å². The Hall–Kier alpha value is -2.43. The van der Waals surface area contributed by atoms with Gasteiger partial charge in [0.15, 0.2) is 5.17 Å². The van der Waals surface area contributed by atoms with Crippen LogP contribution < -0.4 is 10.6 Å². The highest BCUT2D eigenvalue weighted by atomic mass is 32.2. The Bertz CT molecular complexity index is 949. The second-order valence-electron chi connectivity index (χ2n) is 6.99. The van der Waals surface area contributed by atoms with Crippen LogP contribution in [0.4, 0.5) is 10.6 Å². The normalized spacial score (nSPS) is 26.2. The molecule has 3 atom stereocenters. The molecule has 29 heavy (non-hydrogen) atoms. The Morgan fingerprint density at radius 3 is 2.83 bits per heavy atom. The first-order valence-electron chi connectivity index (χ1n) is 9.13. The molecule has 2 aromatic rings. The summed E-state index contributed by atoms with van der Waals surface area (Å²) in [6.07, 6.45) is -0.235. The number of hydrogen-bond acceptors (Lipinski definition) is 7. The van der Waals surface area contributed by atoms with Gasteiger partial charge in [0.05, 0.1) is 12.7 Å². The van der Waals surface area contributed by atoms with E-state index < -0.39 is 11.6 Å². The van der Waals surface area contributed by atoms with Gasteiger partial charge in [0.25, 0.3) is 5.91 Å². The van der Waals surface area contributed by atoms with E-state index in [0.717, 1.165) is 12.2 Å². The Kier molecular flexibility index (Phi) is 5.57. The van der Waals surface area contributed by atoms with Crippen LogP contribution in [0.3, 0.4) is 0 Å². The predicted octanol–water partition coefficient (Wildman–Crippen LogP) is 3.39. The van der Waals surface area contributed by atoms with Crippen molar-refractivity contribution in [2.75, 3.05) is 17.7 Å². The molecule has 0 spiro atoms. The summed E-state index contributed by atoms with van der Waals surface area (Å²) in [5, 5.41) is 17.0. The van der Waals surface area contributed by atoms with Crippen LogP contribution >= 0.6 is 23.1 Å². The summed E-state index contributed by atoms with van der Waals surface area (Å²) in [4.78, 5) is 32.9. The third-order valence-corrected chi connectivity index (χ3v) is 7.01. The zero-order valence-corrected chi connectivity index (χ0v) is 17.3. The van der Waals surface area contributed by atoms with Crippen LogP contribution in [0.25, 0.3) is 0 Å². The number of nitrogens with zero attached hydrogens (tertiary/aromatic N) is 2. The number of ether oxygens (including phenoxy) is 1. The van der Waals surface area contributed by atoms with E-state index in [1.165, 1.54) is 23.1 Å². The van der Waals surface area contributed by atoms with Gasteiger partial charge in [-0.25, -0.2) is 14.8 Å². The van der Waals surface area contributed by atoms with Crippen molar-refractivity contribution in [3.8, 4) is 0 Å². The van der Waals surface area contributed by atoms with Crippen LogP contribution in [0, 0.1) is 5.92 Å². The second-order valence-corrected chi connectivity index (χ2v) is 8.86. The maximum atomic E-state index is 12.6. The Labute approximate surface area is 175 Å². The summed E-state index contributed by atoms with van der Waals surface area (Å²) in [5.41, 5.74) is -0.178. The number of anilines is 1. The van der Waals surface area contributed by atoms with Crippen LogP contribution in [-0.2, 0) is 10.3 Å². The predicted molar refractivity (Wildman–Crippen MR) is 113 cm³/mol. The van der Waals surface area contributed by atoms with E-state index in [9.17, 15) is 9.59 Å². The highest BCUT2D eigenvalue weighted by Gasteiger charge is 2.49. The second kappa shape index (κ2) is 8.13. The van der Waals surface area contributed by atoms with Gasteiger partial charge in [0.2, 0.25) is 0 Å². The quantitative estimate of drug-likeness (QED) is 0.685. The molecule has 0 aliphatic carbocycles. The minimum atomic E-state index is -1.16. The van der Waals surface area contributed by atoms with E-state index in [2.05, 4.69) is 15.6 Å². The van der Waals surface area contributed by atoms with Gasteiger partial charge in [-0.2, -0.15) is 0 Å². The van der Waals surface area contributed by atoms with Crippen LogP contribution in [0.1, 0.15) is 28.7 Å². The lowest BCUT2D eigenvalue weighted by atomic mass is 9.80. The number of fused-ring (bicyclic) bond motifs is 1. The molecule has 2 aliphatic rings. The number of benzene rings is 1. The number of nitrogens with one attached hydrogen (secondary N) is 2. The molecule has 2 aliphatic heterocycles. The molecule has 2 amide bonds. The lowest BCUT2D eigenvalue weighted by molar-refractivity contribution is -0.0466. The van der Waals surface area contributed by atoms with Crippen molar-refractivity contribution in [3.63, 3.8) is 0 Å². The van der Waals surface area contributed by atoms with Gasteiger partial charge in [-0.05, 0) is 25.5 Å². The molecule has 0 saturated carbocycles. The Morgan fingerprint density at radius 2 is 2.07 bits per heavy atom. The molecule has 0 bridgehead atoms. The number of rotatable bonds is 3. The minimum absolute atomic E-state index is 0.112. The van der Waals surface area contributed by atoms with Crippen molar-refractivity contribution in [2.24, 2.45) is 10.9 Å². The monoisotopic (exact) mass is 432 g/mol. The van der Waals surface area contributed by atoms with Gasteiger partial charge in [-0.3, -0.25) is 10.1 Å². The molecule has 3 heterocycles. The van der Waals surface area contributed by atoms with E-state index >= 15 is 0 Å². The number of hydrogen-bond donors (Lipinski definition) is 3. The molecule has 1 fully saturated rings. The largest absolute Gasteiger partial charge is 0.465 e. The average molecular weight is 433 g/mol. The fourth-order valence-electron chi connectivity index (χ4n) is 3.52. The van der Waals surface area contributed by atoms with Crippen LogP contribution in [-0.4, -0.2) is 45.7 Å². The third-order valence-electron chi connectivity index (χ3n) is 4.97. The number of carbonyl (C=O) groups excluding carboxylic acids is 1. The summed E-state index contributed by atoms with van der Waals surface area (Å²) in [6.45, 7) is 2.37. The van der Waals surface area contributed by atoms with Gasteiger partial charge in [0.1, 0.15) is 16.4 Å². The maximum absolute atomic E-state index is 12.6. The molecular weight excluding hydrogens is 412 g/mol. The van der Waals surface area contributed by atoms with E-state index in [-0.39, 0.29) is 23.7 Å². The molecule has 0 radical (unpaired) electrons. The zero-order chi connectivity index (χ0) is 20.4. The number of thioether (sulfide) groups is 1. The number of amidine groups is 1. The van der Waals surface area contributed by atoms with Crippen molar-refractivity contribution >= 4 is 46.1 Å². The smallest absolute Gasteiger partial charge is 0.410 e. The minimum Gasteiger partial charge on any atom is -0.465 e. The van der Waals surface area contributed by atoms with Crippen molar-refractivity contribution in [3.05, 3.63) is 46.3 Å². The van der Waals surface area contributed by atoms with Gasteiger partial charge in [-0.15, -0.1) is 11.3 Å². The zero-order valence-electron chi connectivity index (χ0n) is 15.6. The molecule has 10 heteroatoms. The molecule has 1 aromatic carbocycles. The molecule has 8 nitrogen and oxygen atoms in total. The number of aromatic nitrogens is 1. The van der Waals surface area contributed by atoms with Gasteiger partial charge >= 0.3 is 6.09 Å². The highest BCUT2D eigenvalue weighted by molar-refractivity contribution is 8.13. The van der Waals surface area contributed by atoms with E-state index in [1.807, 2.05) is 25.1 Å². The molecule has 3 N–H and O–H groups in total. The third kappa shape index (κ3) is 4.14. The lowest BCUT2D eigenvalue weighted by Crippen LogP contribution is -2.50. The highest BCUT2D eigenvalue weighted by Crippen LogP contribution is 2.47. The molecular formula is C19H20N4O4S2. The van der Waals surface area contributed by atoms with Gasteiger partial charge < -0.3 is 15.2 Å². The first-order valence-corrected chi connectivity index (χ1v) is 11.0. The number of carbonyl (C=O) groups is 2. The summed E-state index contributed by atoms with van der Waals surface area (Å²) >= 11 is 2.86. The van der Waals surface area contributed by atoms with E-state index in [1.54, 1.807) is 17.5 Å². The SMILES string of the molecule is C[C@H]1C[C@H]2CSC(NC(=O)c3ccccc3)=N[C@@]2(c2nc(NC(=O)O)cs2)CO1. The van der Waals surface area contributed by atoms with Crippen molar-refractivity contribution in [1.29, 1.82) is 0 Å². The first kappa shape index (κ1) is 19.9. The number of aliphatic imine (C=N–C) groups is 1. The molecule has 1 aromatic heterocycles. The van der Waals surface area contributed by atoms with E-state index in [0.29, 0.717) is 22.3 Å². The fraction of sp³-hybridized carbons (Fsp3) is 0.368. The molecule has 4 rings (SSSR count). The van der Waals surface area contributed by atoms with Gasteiger partial charge in [0, 0.05) is 22.6 Å². The maximum Gasteiger partial charge on any atom is 0.410 e. The summed E-state index contributed by atoms with van der Waals surface area (Å²) in [6, 6.07) is 8.97. The van der Waals surface area contributed by atoms with Crippen molar-refractivity contribution in [1.82, 2.24) is 10.3 Å². The standard InChI is InChI=1S/C19H20N4O4S2/c1-11-7-13-8-29-17(22-15(24)12-5-3-2-4-6-12)23-19(13,10-27-11)16-20-14(9-28-16)21-18(25)26/h2-6,9,11,13,21H,7-8,10H2,1H3,(H,25,26)(H,22,23,24)/t11-,13-,19-/m0/s1. The van der Waals surface area contributed by atoms with Gasteiger partial charge in [-0.1, -0.05) is 30.0 Å². The van der Waals surface area contributed by atoms with Crippen LogP contribution in [0.5, 0.6) is 0 Å². The fourth-order valence-corrected chi connectivity index (χ4v) is 5.64. The number of amides is 2. The number of carboxylic acid groups (broad SMARTS) is 1. The molecule has 0 unspecified atom stereocenters. The van der Waals surface area contributed by atoms with Crippen LogP contribution in [0.2, 0.25) is 0 Å². The summed E-state index contributed by atoms with van der Waals surface area (Å²) in [7, 11) is 0. The number of thiazole rings is 1. The Balaban J connectivity index is 1.65. The van der Waals surface area contributed by atoms with Crippen molar-refractivity contribution in [2.45, 2.75) is 25.0 Å². The lowest BCUT2D eigenvalue weighted by Gasteiger charge is -2.44. The van der Waals surface area contributed by atoms with E-state index in [4.69, 9.17) is 14.8 Å². The molecule has 1 saturated heterocycles.